The quantitative estimate of drug-likeness (QED) is 0.926. The highest BCUT2D eigenvalue weighted by Gasteiger charge is 2.35. The van der Waals surface area contributed by atoms with Crippen molar-refractivity contribution in [2.24, 2.45) is 0 Å². The number of hydrogen-bond donors (Lipinski definition) is 1. The number of anilines is 2. The number of hydrogen-bond acceptors (Lipinski definition) is 5. The maximum Gasteiger partial charge on any atom is 0.224 e. The van der Waals surface area contributed by atoms with Crippen LogP contribution in [-0.4, -0.2) is 53.1 Å². The summed E-state index contributed by atoms with van der Waals surface area (Å²) in [5, 5.41) is 3.80. The summed E-state index contributed by atoms with van der Waals surface area (Å²) < 4.78 is 0. The smallest absolute Gasteiger partial charge is 0.224 e. The zero-order valence-electron chi connectivity index (χ0n) is 12.1. The van der Waals surface area contributed by atoms with Crippen LogP contribution in [-0.2, 0) is 0 Å². The number of nitrogens with zero attached hydrogens (tertiary/aromatic N) is 4. The first kappa shape index (κ1) is 13.9. The molecule has 0 bridgehead atoms. The molecule has 2 saturated heterocycles. The van der Waals surface area contributed by atoms with E-state index in [4.69, 9.17) is 11.6 Å². The van der Waals surface area contributed by atoms with Crippen LogP contribution in [0.4, 0.5) is 11.8 Å². The minimum Gasteiger partial charge on any atom is -0.354 e. The Balaban J connectivity index is 1.85. The Labute approximate surface area is 125 Å². The van der Waals surface area contributed by atoms with Gasteiger partial charge in [-0.15, -0.1) is 0 Å². The molecule has 0 radical (unpaired) electrons. The Kier molecular flexibility index (Phi) is 3.98. The molecule has 3 rings (SSSR count). The minimum atomic E-state index is 0.436. The number of aromatic nitrogens is 2. The second-order valence-corrected chi connectivity index (χ2v) is 6.10. The molecule has 1 aromatic rings. The van der Waals surface area contributed by atoms with E-state index in [9.17, 15) is 0 Å². The molecule has 1 aromatic heterocycles. The Bertz CT molecular complexity index is 481. The molecule has 2 atom stereocenters. The van der Waals surface area contributed by atoms with Crippen LogP contribution >= 0.6 is 11.6 Å². The molecule has 1 N–H and O–H groups in total. The van der Waals surface area contributed by atoms with Crippen molar-refractivity contribution in [3.05, 3.63) is 11.2 Å². The van der Waals surface area contributed by atoms with Gasteiger partial charge in [0.25, 0.3) is 0 Å². The molecule has 2 aliphatic rings. The molecule has 0 saturated carbocycles. The molecule has 2 unspecified atom stereocenters. The average Bonchev–Trinajstić information content (AvgIpc) is 2.87. The van der Waals surface area contributed by atoms with E-state index in [1.807, 2.05) is 6.92 Å². The first-order valence-corrected chi connectivity index (χ1v) is 7.84. The number of nitrogens with one attached hydrogen (secondary N) is 1. The second-order valence-electron chi connectivity index (χ2n) is 5.69. The number of rotatable bonds is 3. The third-order valence-electron chi connectivity index (χ3n) is 4.27. The fourth-order valence-electron chi connectivity index (χ4n) is 3.29. The van der Waals surface area contributed by atoms with Gasteiger partial charge in [0.05, 0.1) is 6.20 Å². The lowest BCUT2D eigenvalue weighted by Crippen LogP contribution is -2.55. The van der Waals surface area contributed by atoms with Gasteiger partial charge in [-0.1, -0.05) is 11.6 Å². The molecule has 0 aromatic carbocycles. The van der Waals surface area contributed by atoms with E-state index in [1.165, 1.54) is 19.4 Å². The first-order valence-electron chi connectivity index (χ1n) is 7.46. The van der Waals surface area contributed by atoms with Gasteiger partial charge in [0.15, 0.2) is 5.82 Å². The van der Waals surface area contributed by atoms with Crippen LogP contribution < -0.4 is 10.2 Å². The third-order valence-corrected chi connectivity index (χ3v) is 4.54. The Hall–Kier alpha value is -1.07. The molecule has 20 heavy (non-hydrogen) atoms. The highest BCUT2D eigenvalue weighted by molar-refractivity contribution is 6.32. The van der Waals surface area contributed by atoms with Gasteiger partial charge in [0, 0.05) is 31.7 Å². The molecule has 0 aliphatic carbocycles. The van der Waals surface area contributed by atoms with Crippen LogP contribution in [0.1, 0.15) is 26.7 Å². The fraction of sp³-hybridized carbons (Fsp3) is 0.714. The van der Waals surface area contributed by atoms with Gasteiger partial charge in [-0.25, -0.2) is 4.98 Å². The van der Waals surface area contributed by atoms with Crippen molar-refractivity contribution in [3.63, 3.8) is 0 Å². The lowest BCUT2D eigenvalue weighted by Gasteiger charge is -2.43. The van der Waals surface area contributed by atoms with Crippen molar-refractivity contribution < 1.29 is 0 Å². The Morgan fingerprint density at radius 2 is 2.30 bits per heavy atom. The van der Waals surface area contributed by atoms with Crippen LogP contribution in [0.3, 0.4) is 0 Å². The predicted molar refractivity (Wildman–Crippen MR) is 82.6 cm³/mol. The maximum atomic E-state index is 6.33. The lowest BCUT2D eigenvalue weighted by atomic mass is 10.1. The molecule has 0 spiro atoms. The van der Waals surface area contributed by atoms with Crippen LogP contribution in [0.5, 0.6) is 0 Å². The normalized spacial score (nSPS) is 26.6. The Morgan fingerprint density at radius 1 is 1.45 bits per heavy atom. The van der Waals surface area contributed by atoms with Gasteiger partial charge in [-0.05, 0) is 33.2 Å². The Morgan fingerprint density at radius 3 is 3.10 bits per heavy atom. The molecule has 2 fully saturated rings. The van der Waals surface area contributed by atoms with Gasteiger partial charge in [-0.3, -0.25) is 4.90 Å². The molecular weight excluding hydrogens is 274 g/mol. The topological polar surface area (TPSA) is 44.3 Å². The molecule has 6 heteroatoms. The molecule has 3 heterocycles. The summed E-state index contributed by atoms with van der Waals surface area (Å²) in [6, 6.07) is 1.09. The third kappa shape index (κ3) is 2.56. The SMILES string of the molecule is CCNc1ncc(Cl)c(N2CC3CCCN3CC2C)n1. The van der Waals surface area contributed by atoms with Crippen molar-refractivity contribution in [2.75, 3.05) is 36.4 Å². The van der Waals surface area contributed by atoms with Gasteiger partial charge >= 0.3 is 0 Å². The minimum absolute atomic E-state index is 0.436. The van der Waals surface area contributed by atoms with E-state index in [0.29, 0.717) is 23.1 Å². The van der Waals surface area contributed by atoms with Crippen LogP contribution in [0.2, 0.25) is 5.02 Å². The molecular formula is C14H22ClN5. The first-order chi connectivity index (χ1) is 9.69. The van der Waals surface area contributed by atoms with Crippen LogP contribution in [0.25, 0.3) is 0 Å². The summed E-state index contributed by atoms with van der Waals surface area (Å²) in [5.74, 6) is 1.53. The maximum absolute atomic E-state index is 6.33. The summed E-state index contributed by atoms with van der Waals surface area (Å²) in [4.78, 5) is 13.8. The average molecular weight is 296 g/mol. The van der Waals surface area contributed by atoms with Crippen LogP contribution in [0, 0.1) is 0 Å². The van der Waals surface area contributed by atoms with Gasteiger partial charge in [0.2, 0.25) is 5.95 Å². The van der Waals surface area contributed by atoms with E-state index in [-0.39, 0.29) is 0 Å². The largest absolute Gasteiger partial charge is 0.354 e. The molecule has 2 aliphatic heterocycles. The fourth-order valence-corrected chi connectivity index (χ4v) is 3.48. The highest BCUT2D eigenvalue weighted by Crippen LogP contribution is 2.31. The number of fused-ring (bicyclic) bond motifs is 1. The predicted octanol–water partition coefficient (Wildman–Crippen LogP) is 2.23. The monoisotopic (exact) mass is 295 g/mol. The zero-order chi connectivity index (χ0) is 14.1. The molecule has 5 nitrogen and oxygen atoms in total. The second kappa shape index (κ2) is 5.74. The van der Waals surface area contributed by atoms with Crippen molar-refractivity contribution >= 4 is 23.4 Å². The van der Waals surface area contributed by atoms with Gasteiger partial charge in [0.1, 0.15) is 5.02 Å². The highest BCUT2D eigenvalue weighted by atomic mass is 35.5. The van der Waals surface area contributed by atoms with Crippen molar-refractivity contribution in [2.45, 2.75) is 38.8 Å². The van der Waals surface area contributed by atoms with E-state index in [0.717, 1.165) is 25.5 Å². The molecule has 110 valence electrons. The van der Waals surface area contributed by atoms with E-state index < -0.39 is 0 Å². The van der Waals surface area contributed by atoms with Crippen molar-refractivity contribution in [1.82, 2.24) is 14.9 Å². The summed E-state index contributed by atoms with van der Waals surface area (Å²) in [5.41, 5.74) is 0. The number of piperazine rings is 1. The number of halogens is 1. The zero-order valence-corrected chi connectivity index (χ0v) is 12.9. The van der Waals surface area contributed by atoms with Crippen molar-refractivity contribution in [1.29, 1.82) is 0 Å². The van der Waals surface area contributed by atoms with Crippen LogP contribution in [0.15, 0.2) is 6.20 Å². The summed E-state index contributed by atoms with van der Waals surface area (Å²) >= 11 is 6.33. The van der Waals surface area contributed by atoms with E-state index in [1.54, 1.807) is 6.20 Å². The van der Waals surface area contributed by atoms with Gasteiger partial charge < -0.3 is 10.2 Å². The van der Waals surface area contributed by atoms with Gasteiger partial charge in [-0.2, -0.15) is 4.98 Å². The summed E-state index contributed by atoms with van der Waals surface area (Å²) in [6.45, 7) is 8.46. The standard InChI is InChI=1S/C14H22ClN5/c1-3-16-14-17-7-12(15)13(18-14)20-9-11-5-4-6-19(11)8-10(20)2/h7,10-11H,3-6,8-9H2,1-2H3,(H,16,17,18). The lowest BCUT2D eigenvalue weighted by molar-refractivity contribution is 0.202. The van der Waals surface area contributed by atoms with Crippen molar-refractivity contribution in [3.8, 4) is 0 Å². The molecule has 0 amide bonds. The summed E-state index contributed by atoms with van der Waals surface area (Å²) in [7, 11) is 0. The van der Waals surface area contributed by atoms with E-state index in [2.05, 4.69) is 32.0 Å². The van der Waals surface area contributed by atoms with E-state index >= 15 is 0 Å². The summed E-state index contributed by atoms with van der Waals surface area (Å²) in [6.07, 6.45) is 4.30.